The summed E-state index contributed by atoms with van der Waals surface area (Å²) in [6.45, 7) is 1.94. The first kappa shape index (κ1) is 16.8. The summed E-state index contributed by atoms with van der Waals surface area (Å²) in [7, 11) is 0. The summed E-state index contributed by atoms with van der Waals surface area (Å²) in [6.07, 6.45) is 1.38. The van der Waals surface area contributed by atoms with Gasteiger partial charge in [-0.2, -0.15) is 5.10 Å². The van der Waals surface area contributed by atoms with E-state index in [1.54, 1.807) is 19.1 Å². The van der Waals surface area contributed by atoms with Crippen LogP contribution in [0.4, 0.5) is 4.79 Å². The van der Waals surface area contributed by atoms with Gasteiger partial charge in [-0.15, -0.1) is 0 Å². The average Bonchev–Trinajstić information content (AvgIpc) is 2.37. The first-order valence-corrected chi connectivity index (χ1v) is 6.69. The van der Waals surface area contributed by atoms with Crippen LogP contribution in [0, 0.1) is 0 Å². The Bertz CT molecular complexity index is 562. The number of urea groups is 1. The van der Waals surface area contributed by atoms with Gasteiger partial charge in [-0.05, 0) is 40.5 Å². The maximum absolute atomic E-state index is 10.8. The Hall–Kier alpha value is -2.29. The van der Waals surface area contributed by atoms with Crippen LogP contribution < -0.4 is 26.4 Å². The van der Waals surface area contributed by atoms with Crippen LogP contribution in [0.5, 0.6) is 11.5 Å². The number of nitrogens with two attached hydrogens (primary N) is 2. The zero-order valence-electron chi connectivity index (χ0n) is 11.3. The fourth-order valence-electron chi connectivity index (χ4n) is 1.38. The number of nitrogens with zero attached hydrogens (tertiary/aromatic N) is 1. The Kier molecular flexibility index (Phi) is 6.47. The van der Waals surface area contributed by atoms with E-state index in [0.29, 0.717) is 28.1 Å². The van der Waals surface area contributed by atoms with Crippen molar-refractivity contribution in [1.82, 2.24) is 5.43 Å². The van der Waals surface area contributed by atoms with Gasteiger partial charge in [-0.25, -0.2) is 10.2 Å². The van der Waals surface area contributed by atoms with E-state index >= 15 is 0 Å². The molecule has 114 valence electrons. The minimum absolute atomic E-state index is 0.269. The van der Waals surface area contributed by atoms with Crippen molar-refractivity contribution >= 4 is 34.1 Å². The Morgan fingerprint density at radius 1 is 1.38 bits per heavy atom. The van der Waals surface area contributed by atoms with Gasteiger partial charge in [0.1, 0.15) is 0 Å². The second-order valence-electron chi connectivity index (χ2n) is 3.75. The third-order valence-corrected chi connectivity index (χ3v) is 2.67. The summed E-state index contributed by atoms with van der Waals surface area (Å²) < 4.78 is 11.3. The highest BCUT2D eigenvalue weighted by Gasteiger charge is 2.12. The van der Waals surface area contributed by atoms with Crippen LogP contribution in [0.25, 0.3) is 0 Å². The molecular weight excluding hydrogens is 344 g/mol. The second-order valence-corrected chi connectivity index (χ2v) is 4.61. The lowest BCUT2D eigenvalue weighted by Gasteiger charge is -2.13. The molecule has 1 aromatic carbocycles. The topological polar surface area (TPSA) is 129 Å². The first-order valence-electron chi connectivity index (χ1n) is 5.90. The summed E-state index contributed by atoms with van der Waals surface area (Å²) in [5.41, 5.74) is 12.6. The molecule has 0 unspecified atom stereocenters. The maximum atomic E-state index is 10.8. The number of rotatable bonds is 7. The monoisotopic (exact) mass is 358 g/mol. The van der Waals surface area contributed by atoms with E-state index in [1.165, 1.54) is 6.21 Å². The van der Waals surface area contributed by atoms with Gasteiger partial charge in [0.25, 0.3) is 5.91 Å². The number of hydrazone groups is 1. The van der Waals surface area contributed by atoms with E-state index in [1.807, 2.05) is 0 Å². The predicted molar refractivity (Wildman–Crippen MR) is 80.3 cm³/mol. The van der Waals surface area contributed by atoms with Crippen molar-refractivity contribution < 1.29 is 19.1 Å². The number of halogens is 1. The minimum Gasteiger partial charge on any atom is -0.490 e. The number of carbonyl (C=O) groups is 2. The quantitative estimate of drug-likeness (QED) is 0.489. The van der Waals surface area contributed by atoms with Crippen LogP contribution in [-0.2, 0) is 4.79 Å². The first-order chi connectivity index (χ1) is 9.93. The lowest BCUT2D eigenvalue weighted by atomic mass is 10.2. The molecule has 3 amide bonds. The zero-order valence-corrected chi connectivity index (χ0v) is 12.8. The standard InChI is InChI=1S/C12H15BrN4O4/c1-2-20-9-4-7(5-16-17-12(15)19)3-8(13)11(9)21-6-10(14)18/h3-5H,2,6H2,1H3,(H2,14,18)(H3,15,17,19). The third-order valence-electron chi connectivity index (χ3n) is 2.08. The van der Waals surface area contributed by atoms with Gasteiger partial charge in [0.2, 0.25) is 0 Å². The second kappa shape index (κ2) is 8.10. The molecule has 0 saturated heterocycles. The van der Waals surface area contributed by atoms with Crippen LogP contribution in [0.15, 0.2) is 21.7 Å². The largest absolute Gasteiger partial charge is 0.490 e. The number of nitrogens with one attached hydrogen (secondary N) is 1. The van der Waals surface area contributed by atoms with Crippen LogP contribution >= 0.6 is 15.9 Å². The molecular formula is C12H15BrN4O4. The summed E-state index contributed by atoms with van der Waals surface area (Å²) in [6, 6.07) is 2.54. The average molecular weight is 359 g/mol. The molecule has 1 rings (SSSR count). The zero-order chi connectivity index (χ0) is 15.8. The Morgan fingerprint density at radius 3 is 2.67 bits per heavy atom. The Morgan fingerprint density at radius 2 is 2.10 bits per heavy atom. The van der Waals surface area contributed by atoms with E-state index in [9.17, 15) is 9.59 Å². The molecule has 0 atom stereocenters. The fraction of sp³-hybridized carbons (Fsp3) is 0.250. The molecule has 0 aliphatic carbocycles. The summed E-state index contributed by atoms with van der Waals surface area (Å²) in [4.78, 5) is 21.3. The number of hydrogen-bond donors (Lipinski definition) is 3. The number of ether oxygens (including phenoxy) is 2. The van der Waals surface area contributed by atoms with Gasteiger partial charge in [0, 0.05) is 0 Å². The SMILES string of the molecule is CCOc1cc(C=NNC(N)=O)cc(Br)c1OCC(N)=O. The van der Waals surface area contributed by atoms with Gasteiger partial charge < -0.3 is 20.9 Å². The van der Waals surface area contributed by atoms with E-state index in [-0.39, 0.29) is 6.61 Å². The van der Waals surface area contributed by atoms with Crippen molar-refractivity contribution in [2.75, 3.05) is 13.2 Å². The molecule has 0 heterocycles. The van der Waals surface area contributed by atoms with Crippen molar-refractivity contribution in [1.29, 1.82) is 0 Å². The van der Waals surface area contributed by atoms with E-state index in [2.05, 4.69) is 26.5 Å². The molecule has 0 aliphatic rings. The fourth-order valence-corrected chi connectivity index (χ4v) is 1.95. The molecule has 0 radical (unpaired) electrons. The van der Waals surface area contributed by atoms with Gasteiger partial charge in [0.05, 0.1) is 17.3 Å². The van der Waals surface area contributed by atoms with Crippen LogP contribution in [0.2, 0.25) is 0 Å². The van der Waals surface area contributed by atoms with Crippen molar-refractivity contribution in [2.24, 2.45) is 16.6 Å². The number of amides is 3. The van der Waals surface area contributed by atoms with Crippen molar-refractivity contribution in [3.05, 3.63) is 22.2 Å². The summed E-state index contributed by atoms with van der Waals surface area (Å²) >= 11 is 3.31. The van der Waals surface area contributed by atoms with Gasteiger partial charge in [-0.1, -0.05) is 0 Å². The number of primary amides is 2. The van der Waals surface area contributed by atoms with Gasteiger partial charge in [-0.3, -0.25) is 4.79 Å². The van der Waals surface area contributed by atoms with Gasteiger partial charge in [0.15, 0.2) is 18.1 Å². The summed E-state index contributed by atoms with van der Waals surface area (Å²) in [5.74, 6) is 0.171. The molecule has 21 heavy (non-hydrogen) atoms. The highest BCUT2D eigenvalue weighted by molar-refractivity contribution is 9.10. The van der Waals surface area contributed by atoms with Crippen molar-refractivity contribution in [2.45, 2.75) is 6.92 Å². The minimum atomic E-state index is -0.767. The predicted octanol–water partition coefficient (Wildman–Crippen LogP) is 0.714. The summed E-state index contributed by atoms with van der Waals surface area (Å²) in [5, 5.41) is 3.65. The molecule has 0 saturated carbocycles. The molecule has 0 bridgehead atoms. The molecule has 8 nitrogen and oxygen atoms in total. The third kappa shape index (κ3) is 5.69. The maximum Gasteiger partial charge on any atom is 0.332 e. The van der Waals surface area contributed by atoms with Gasteiger partial charge >= 0.3 is 6.03 Å². The normalized spacial score (nSPS) is 10.4. The smallest absolute Gasteiger partial charge is 0.332 e. The lowest BCUT2D eigenvalue weighted by Crippen LogP contribution is -2.24. The molecule has 9 heteroatoms. The highest BCUT2D eigenvalue weighted by Crippen LogP contribution is 2.36. The number of hydrogen-bond acceptors (Lipinski definition) is 5. The van der Waals surface area contributed by atoms with Crippen molar-refractivity contribution in [3.63, 3.8) is 0 Å². The molecule has 5 N–H and O–H groups in total. The lowest BCUT2D eigenvalue weighted by molar-refractivity contribution is -0.119. The van der Waals surface area contributed by atoms with E-state index < -0.39 is 11.9 Å². The number of carbonyl (C=O) groups excluding carboxylic acids is 2. The molecule has 0 aliphatic heterocycles. The molecule has 0 fully saturated rings. The number of benzene rings is 1. The Balaban J connectivity index is 3.02. The molecule has 1 aromatic rings. The highest BCUT2D eigenvalue weighted by atomic mass is 79.9. The van der Waals surface area contributed by atoms with Crippen LogP contribution in [0.3, 0.4) is 0 Å². The van der Waals surface area contributed by atoms with E-state index in [4.69, 9.17) is 20.9 Å². The Labute approximate surface area is 129 Å². The molecule has 0 aromatic heterocycles. The van der Waals surface area contributed by atoms with Crippen molar-refractivity contribution in [3.8, 4) is 11.5 Å². The van der Waals surface area contributed by atoms with Crippen LogP contribution in [-0.4, -0.2) is 31.4 Å². The van der Waals surface area contributed by atoms with E-state index in [0.717, 1.165) is 0 Å². The molecule has 0 spiro atoms. The van der Waals surface area contributed by atoms with Crippen LogP contribution in [0.1, 0.15) is 12.5 Å².